The van der Waals surface area contributed by atoms with Gasteiger partial charge < -0.3 is 15.3 Å². The van der Waals surface area contributed by atoms with Crippen molar-refractivity contribution >= 4 is 5.78 Å². The fourth-order valence-electron chi connectivity index (χ4n) is 9.12. The van der Waals surface area contributed by atoms with Crippen LogP contribution in [0.1, 0.15) is 98.8 Å². The Morgan fingerprint density at radius 1 is 0.968 bits per heavy atom. The molecule has 0 aromatic carbocycles. The van der Waals surface area contributed by atoms with Gasteiger partial charge in [-0.2, -0.15) is 0 Å². The molecular weight excluding hydrogens is 388 g/mol. The molecule has 4 rings (SSSR count). The van der Waals surface area contributed by atoms with Gasteiger partial charge in [0.1, 0.15) is 5.60 Å². The molecule has 4 aliphatic carbocycles. The highest BCUT2D eigenvalue weighted by Gasteiger charge is 2.62. The van der Waals surface area contributed by atoms with Crippen LogP contribution in [0.2, 0.25) is 0 Å². The average Bonchev–Trinajstić information content (AvgIpc) is 3.04. The van der Waals surface area contributed by atoms with Crippen LogP contribution in [0.3, 0.4) is 0 Å². The molecule has 0 radical (unpaired) electrons. The lowest BCUT2D eigenvalue weighted by Gasteiger charge is -2.62. The molecule has 10 atom stereocenters. The lowest BCUT2D eigenvalue weighted by molar-refractivity contribution is -0.172. The predicted molar refractivity (Wildman–Crippen MR) is 122 cm³/mol. The van der Waals surface area contributed by atoms with Crippen molar-refractivity contribution in [1.29, 1.82) is 0 Å². The number of hydrogen-bond donors (Lipinski definition) is 3. The molecule has 0 saturated heterocycles. The summed E-state index contributed by atoms with van der Waals surface area (Å²) < 4.78 is 0. The van der Waals surface area contributed by atoms with Crippen LogP contribution in [0.15, 0.2) is 0 Å². The van der Waals surface area contributed by atoms with Gasteiger partial charge in [0.2, 0.25) is 0 Å². The third kappa shape index (κ3) is 3.93. The molecule has 31 heavy (non-hydrogen) atoms. The molecule has 0 aromatic heterocycles. The number of hydrogen-bond acceptors (Lipinski definition) is 4. The molecule has 0 aromatic rings. The monoisotopic (exact) mass is 434 g/mol. The number of carbonyl (C=O) groups is 1. The molecule has 0 amide bonds. The summed E-state index contributed by atoms with van der Waals surface area (Å²) in [4.78, 5) is 12.3. The van der Waals surface area contributed by atoms with Crippen LogP contribution in [-0.4, -0.2) is 38.9 Å². The van der Waals surface area contributed by atoms with Crippen molar-refractivity contribution < 1.29 is 20.1 Å². The maximum absolute atomic E-state index is 12.3. The first-order valence-electron chi connectivity index (χ1n) is 13.0. The fourth-order valence-corrected chi connectivity index (χ4v) is 9.12. The van der Waals surface area contributed by atoms with Crippen molar-refractivity contribution in [3.05, 3.63) is 0 Å². The van der Waals surface area contributed by atoms with Crippen LogP contribution in [0.25, 0.3) is 0 Å². The second-order valence-electron chi connectivity index (χ2n) is 12.9. The van der Waals surface area contributed by atoms with Crippen LogP contribution in [0, 0.1) is 46.3 Å². The van der Waals surface area contributed by atoms with Crippen molar-refractivity contribution in [1.82, 2.24) is 0 Å². The smallest absolute Gasteiger partial charge is 0.163 e. The maximum Gasteiger partial charge on any atom is 0.163 e. The van der Waals surface area contributed by atoms with E-state index in [9.17, 15) is 20.1 Å². The summed E-state index contributed by atoms with van der Waals surface area (Å²) in [5.41, 5.74) is -0.751. The Morgan fingerprint density at radius 3 is 2.29 bits per heavy atom. The number of fused-ring (bicyclic) bond motifs is 5. The first-order valence-corrected chi connectivity index (χ1v) is 13.0. The van der Waals surface area contributed by atoms with E-state index >= 15 is 0 Å². The van der Waals surface area contributed by atoms with Gasteiger partial charge in [-0.1, -0.05) is 20.8 Å². The minimum atomic E-state index is -1.22. The zero-order valence-electron chi connectivity index (χ0n) is 20.4. The quantitative estimate of drug-likeness (QED) is 0.584. The van der Waals surface area contributed by atoms with Crippen LogP contribution in [0.5, 0.6) is 0 Å². The highest BCUT2D eigenvalue weighted by molar-refractivity contribution is 5.86. The molecule has 0 heterocycles. The number of Topliss-reactive ketones (excluding diaryl/α,β-unsaturated/α-hetero) is 1. The second-order valence-corrected chi connectivity index (χ2v) is 12.9. The van der Waals surface area contributed by atoms with Crippen LogP contribution >= 0.6 is 0 Å². The van der Waals surface area contributed by atoms with E-state index in [-0.39, 0.29) is 29.3 Å². The highest BCUT2D eigenvalue weighted by Crippen LogP contribution is 2.68. The minimum absolute atomic E-state index is 0.0448. The van der Waals surface area contributed by atoms with Gasteiger partial charge in [0.25, 0.3) is 0 Å². The average molecular weight is 435 g/mol. The molecule has 0 bridgehead atoms. The summed E-state index contributed by atoms with van der Waals surface area (Å²) >= 11 is 0. The van der Waals surface area contributed by atoms with Crippen molar-refractivity contribution in [2.45, 2.75) is 117 Å². The second kappa shape index (κ2) is 8.09. The Bertz CT molecular complexity index is 683. The molecule has 0 spiro atoms. The normalized spacial score (nSPS) is 48.5. The summed E-state index contributed by atoms with van der Waals surface area (Å²) in [6, 6.07) is 0. The first kappa shape index (κ1) is 23.7. The summed E-state index contributed by atoms with van der Waals surface area (Å²) in [6.07, 6.45) is 9.45. The molecule has 4 aliphatic rings. The topological polar surface area (TPSA) is 77.8 Å². The molecule has 178 valence electrons. The highest BCUT2D eigenvalue weighted by atomic mass is 16.3. The van der Waals surface area contributed by atoms with E-state index in [1.807, 2.05) is 0 Å². The van der Waals surface area contributed by atoms with Crippen molar-refractivity contribution in [3.8, 4) is 0 Å². The molecule has 1 unspecified atom stereocenters. The summed E-state index contributed by atoms with van der Waals surface area (Å²) in [5, 5.41) is 31.4. The van der Waals surface area contributed by atoms with Gasteiger partial charge in [-0.05, 0) is 118 Å². The molecular formula is C27H46O4. The largest absolute Gasteiger partial charge is 0.393 e. The van der Waals surface area contributed by atoms with Crippen LogP contribution in [-0.2, 0) is 4.79 Å². The summed E-state index contributed by atoms with van der Waals surface area (Å²) in [6.45, 7) is 10.4. The van der Waals surface area contributed by atoms with Crippen molar-refractivity contribution in [2.24, 2.45) is 46.3 Å². The van der Waals surface area contributed by atoms with Gasteiger partial charge in [-0.25, -0.2) is 0 Å². The summed E-state index contributed by atoms with van der Waals surface area (Å²) in [7, 11) is 0. The third-order valence-corrected chi connectivity index (χ3v) is 10.9. The molecule has 0 aliphatic heterocycles. The Kier molecular flexibility index (Phi) is 6.19. The number of aliphatic hydroxyl groups is 3. The minimum Gasteiger partial charge on any atom is -0.393 e. The zero-order chi connectivity index (χ0) is 22.8. The van der Waals surface area contributed by atoms with Crippen molar-refractivity contribution in [2.75, 3.05) is 0 Å². The Balaban J connectivity index is 1.49. The van der Waals surface area contributed by atoms with Gasteiger partial charge in [-0.3, -0.25) is 4.79 Å². The molecule has 4 saturated carbocycles. The lowest BCUT2D eigenvalue weighted by atomic mass is 9.44. The number of aliphatic hydroxyl groups excluding tert-OH is 2. The van der Waals surface area contributed by atoms with Gasteiger partial charge in [0.05, 0.1) is 12.2 Å². The van der Waals surface area contributed by atoms with E-state index in [4.69, 9.17) is 0 Å². The molecule has 4 nitrogen and oxygen atoms in total. The zero-order valence-corrected chi connectivity index (χ0v) is 20.4. The molecule has 3 N–H and O–H groups in total. The molecule has 4 fully saturated rings. The van der Waals surface area contributed by atoms with Gasteiger partial charge in [0, 0.05) is 6.42 Å². The predicted octanol–water partition coefficient (Wildman–Crippen LogP) is 4.73. The maximum atomic E-state index is 12.3. The number of rotatable bonds is 5. The van der Waals surface area contributed by atoms with E-state index in [2.05, 4.69) is 20.8 Å². The van der Waals surface area contributed by atoms with Crippen molar-refractivity contribution in [3.63, 3.8) is 0 Å². The van der Waals surface area contributed by atoms with Crippen LogP contribution < -0.4 is 0 Å². The number of carbonyl (C=O) groups excluding carboxylic acids is 1. The van der Waals surface area contributed by atoms with E-state index < -0.39 is 5.60 Å². The third-order valence-electron chi connectivity index (χ3n) is 10.9. The lowest BCUT2D eigenvalue weighted by Crippen LogP contribution is -2.58. The standard InChI is InChI=1S/C27H46O4/c1-16(6-9-24(30)25(2,3)31)19-7-8-20-18-15-23(29)22-14-17(28)10-12-27(22,5)21(18)11-13-26(19,20)4/h16-23,28-29,31H,6-15H2,1-5H3/t16-,17?,18+,19-,20+,21+,22+,23+,26-,27-/m1/s1. The van der Waals surface area contributed by atoms with Gasteiger partial charge in [-0.15, -0.1) is 0 Å². The summed E-state index contributed by atoms with van der Waals surface area (Å²) in [5.74, 6) is 3.27. The molecule has 4 heteroatoms. The van der Waals surface area contributed by atoms with E-state index in [0.717, 1.165) is 32.1 Å². The van der Waals surface area contributed by atoms with Gasteiger partial charge >= 0.3 is 0 Å². The fraction of sp³-hybridized carbons (Fsp3) is 0.963. The van der Waals surface area contributed by atoms with Gasteiger partial charge in [0.15, 0.2) is 5.78 Å². The van der Waals surface area contributed by atoms with E-state index in [0.29, 0.717) is 41.4 Å². The Morgan fingerprint density at radius 2 is 1.61 bits per heavy atom. The number of ketones is 1. The van der Waals surface area contributed by atoms with E-state index in [1.54, 1.807) is 13.8 Å². The first-order chi connectivity index (χ1) is 14.4. The Hall–Kier alpha value is -0.450. The van der Waals surface area contributed by atoms with Crippen LogP contribution in [0.4, 0.5) is 0 Å². The SMILES string of the molecule is C[C@H](CCC(=O)C(C)(C)O)[C@H]1CC[C@H]2[C@@H]3C[C@H](O)[C@@H]4CC(O)CC[C@]4(C)[C@H]3CC[C@]12C. The van der Waals surface area contributed by atoms with E-state index in [1.165, 1.54) is 25.7 Å². The Labute approximate surface area is 189 Å².